The third-order valence-electron chi connectivity index (χ3n) is 7.73. The summed E-state index contributed by atoms with van der Waals surface area (Å²) in [6, 6.07) is 45.2. The number of para-hydroxylation sites is 2. The maximum Gasteiger partial charge on any atom is 2.00 e. The Morgan fingerprint density at radius 3 is 1.13 bits per heavy atom. The second kappa shape index (κ2) is 22.2. The standard InChI is InChI=1S/2C17H15N3O.2C5H5N.Cu/c2*1-12-15(14-9-5-6-10-16(14)19-12)11-18-20-17(21)13-7-3-2-4-8-13;2*1-2-4-6-5-3-1;/h2*2-11,19H,1H3,(H,20,21);2*1-5H;/q;;;;+2/p-2/b2*18-11-;;;. The number of aromatic nitrogens is 4. The van der Waals surface area contributed by atoms with Crippen LogP contribution in [0.2, 0.25) is 0 Å². The van der Waals surface area contributed by atoms with Gasteiger partial charge < -0.3 is 20.2 Å². The molecular weight excluding hydrogens is 736 g/mol. The minimum atomic E-state index is -0.343. The predicted octanol–water partition coefficient (Wildman–Crippen LogP) is 7.40. The molecule has 0 aliphatic rings. The van der Waals surface area contributed by atoms with Crippen molar-refractivity contribution in [2.24, 2.45) is 20.4 Å². The van der Waals surface area contributed by atoms with Gasteiger partial charge in [0.25, 0.3) is 0 Å². The van der Waals surface area contributed by atoms with Crippen molar-refractivity contribution in [3.63, 3.8) is 0 Å². The summed E-state index contributed by atoms with van der Waals surface area (Å²) in [7, 11) is 0. The molecule has 4 aromatic heterocycles. The molecule has 55 heavy (non-hydrogen) atoms. The van der Waals surface area contributed by atoms with E-state index in [0.29, 0.717) is 11.1 Å². The molecule has 0 aliphatic carbocycles. The van der Waals surface area contributed by atoms with Crippen molar-refractivity contribution < 1.29 is 27.3 Å². The van der Waals surface area contributed by atoms with Gasteiger partial charge in [0.05, 0.1) is 12.4 Å². The monoisotopic (exact) mass is 773 g/mol. The molecule has 0 aliphatic heterocycles. The van der Waals surface area contributed by atoms with Crippen molar-refractivity contribution in [3.8, 4) is 0 Å². The number of nitrogens with one attached hydrogen (secondary N) is 2. The van der Waals surface area contributed by atoms with Crippen molar-refractivity contribution in [2.45, 2.75) is 13.8 Å². The number of rotatable bonds is 6. The van der Waals surface area contributed by atoms with Crippen LogP contribution in [0.5, 0.6) is 0 Å². The molecule has 0 bridgehead atoms. The summed E-state index contributed by atoms with van der Waals surface area (Å²) in [6.07, 6.45) is 10.2. The summed E-state index contributed by atoms with van der Waals surface area (Å²) >= 11 is 0. The van der Waals surface area contributed by atoms with Gasteiger partial charge in [-0.15, -0.1) is 0 Å². The molecule has 0 unspecified atom stereocenters. The number of hydrogen-bond donors (Lipinski definition) is 2. The van der Waals surface area contributed by atoms with Gasteiger partial charge in [0.15, 0.2) is 0 Å². The largest absolute Gasteiger partial charge is 2.00 e. The Balaban J connectivity index is 0.000000185. The Kier molecular flexibility index (Phi) is 16.5. The Morgan fingerprint density at radius 1 is 0.473 bits per heavy atom. The molecule has 0 atom stereocenters. The molecule has 4 heterocycles. The fourth-order valence-corrected chi connectivity index (χ4v) is 5.11. The third kappa shape index (κ3) is 12.6. The first-order chi connectivity index (χ1) is 26.5. The number of fused-ring (bicyclic) bond motifs is 2. The van der Waals surface area contributed by atoms with Gasteiger partial charge in [-0.2, -0.15) is 20.4 Å². The zero-order valence-electron chi connectivity index (χ0n) is 30.1. The summed E-state index contributed by atoms with van der Waals surface area (Å²) < 4.78 is 0. The SMILES string of the molecule is Cc1[nH]c2ccccc2c1/C=N\N=C(/[O-])c1ccccc1.Cc1[nH]c2ccccc2c1/C=N\N=C(/[O-])c1ccccc1.[Cu+2].c1ccncc1.c1ccncc1. The zero-order valence-corrected chi connectivity index (χ0v) is 31.1. The molecule has 10 nitrogen and oxygen atoms in total. The fourth-order valence-electron chi connectivity index (χ4n) is 5.11. The van der Waals surface area contributed by atoms with E-state index in [1.54, 1.807) is 85.7 Å². The first-order valence-corrected chi connectivity index (χ1v) is 17.0. The number of hydrogen-bond acceptors (Lipinski definition) is 8. The number of aryl methyl sites for hydroxylation is 2. The average Bonchev–Trinajstić information content (AvgIpc) is 3.74. The van der Waals surface area contributed by atoms with Gasteiger partial charge in [-0.3, -0.25) is 9.97 Å². The van der Waals surface area contributed by atoms with Crippen LogP contribution in [0.3, 0.4) is 0 Å². The molecule has 0 fully saturated rings. The zero-order chi connectivity index (χ0) is 37.8. The Bertz CT molecular complexity index is 2200. The van der Waals surface area contributed by atoms with E-state index in [0.717, 1.165) is 44.3 Å². The third-order valence-corrected chi connectivity index (χ3v) is 7.73. The van der Waals surface area contributed by atoms with E-state index in [1.807, 2.05) is 111 Å². The summed E-state index contributed by atoms with van der Waals surface area (Å²) in [5, 5.41) is 41.1. The molecule has 8 aromatic rings. The molecule has 8 rings (SSSR count). The Hall–Kier alpha value is -6.94. The maximum absolute atomic E-state index is 11.8. The molecule has 4 aromatic carbocycles. The fraction of sp³-hybridized carbons (Fsp3) is 0.0455. The van der Waals surface area contributed by atoms with Crippen LogP contribution < -0.4 is 10.2 Å². The number of benzene rings is 4. The minimum Gasteiger partial charge on any atom is -0.857 e. The van der Waals surface area contributed by atoms with Crippen LogP contribution >= 0.6 is 0 Å². The van der Waals surface area contributed by atoms with Gasteiger partial charge >= 0.3 is 17.1 Å². The normalized spacial score (nSPS) is 11.2. The van der Waals surface area contributed by atoms with Gasteiger partial charge in [-0.05, 0) is 61.4 Å². The molecular formula is C44H38CuN8O2. The van der Waals surface area contributed by atoms with Crippen LogP contribution in [0.4, 0.5) is 0 Å². The molecule has 0 saturated carbocycles. The summed E-state index contributed by atoms with van der Waals surface area (Å²) in [5.41, 5.74) is 7.07. The van der Waals surface area contributed by atoms with Crippen molar-refractivity contribution in [3.05, 3.63) is 204 Å². The van der Waals surface area contributed by atoms with Crippen molar-refractivity contribution in [1.82, 2.24) is 19.9 Å². The van der Waals surface area contributed by atoms with Gasteiger partial charge in [0.1, 0.15) is 0 Å². The van der Waals surface area contributed by atoms with E-state index < -0.39 is 0 Å². The van der Waals surface area contributed by atoms with E-state index >= 15 is 0 Å². The topological polar surface area (TPSA) is 153 Å². The number of nitrogens with zero attached hydrogens (tertiary/aromatic N) is 6. The van der Waals surface area contributed by atoms with Crippen LogP contribution in [-0.4, -0.2) is 44.2 Å². The van der Waals surface area contributed by atoms with E-state index in [4.69, 9.17) is 0 Å². The molecule has 0 spiro atoms. The second-order valence-electron chi connectivity index (χ2n) is 11.5. The van der Waals surface area contributed by atoms with Crippen LogP contribution in [0, 0.1) is 13.8 Å². The molecule has 11 heteroatoms. The smallest absolute Gasteiger partial charge is 0.857 e. The quantitative estimate of drug-likeness (QED) is 0.0783. The van der Waals surface area contributed by atoms with Gasteiger partial charge in [0, 0.05) is 80.9 Å². The molecule has 277 valence electrons. The predicted molar refractivity (Wildman–Crippen MR) is 216 cm³/mol. The van der Waals surface area contributed by atoms with E-state index in [-0.39, 0.29) is 28.9 Å². The summed E-state index contributed by atoms with van der Waals surface area (Å²) in [6.45, 7) is 3.95. The second-order valence-corrected chi connectivity index (χ2v) is 11.5. The minimum absolute atomic E-state index is 0. The number of pyridine rings is 2. The maximum atomic E-state index is 11.8. The van der Waals surface area contributed by atoms with Crippen LogP contribution in [0.15, 0.2) is 191 Å². The van der Waals surface area contributed by atoms with Crippen LogP contribution in [0.1, 0.15) is 33.6 Å². The van der Waals surface area contributed by atoms with Crippen LogP contribution in [-0.2, 0) is 17.1 Å². The van der Waals surface area contributed by atoms with E-state index in [1.165, 1.54) is 0 Å². The van der Waals surface area contributed by atoms with Crippen molar-refractivity contribution in [1.29, 1.82) is 0 Å². The summed E-state index contributed by atoms with van der Waals surface area (Å²) in [4.78, 5) is 14.1. The van der Waals surface area contributed by atoms with Gasteiger partial charge in [0.2, 0.25) is 0 Å². The molecule has 1 radical (unpaired) electrons. The first-order valence-electron chi connectivity index (χ1n) is 17.0. The number of aromatic amines is 2. The first kappa shape index (κ1) is 40.8. The van der Waals surface area contributed by atoms with Gasteiger partial charge in [-0.1, -0.05) is 109 Å². The summed E-state index contributed by atoms with van der Waals surface area (Å²) in [5.74, 6) is -0.686. The molecule has 0 amide bonds. The van der Waals surface area contributed by atoms with Gasteiger partial charge in [-0.25, -0.2) is 0 Å². The van der Waals surface area contributed by atoms with Crippen LogP contribution in [0.25, 0.3) is 21.8 Å². The molecule has 2 N–H and O–H groups in total. The van der Waals surface area contributed by atoms with E-state index in [9.17, 15) is 10.2 Å². The van der Waals surface area contributed by atoms with E-state index in [2.05, 4.69) is 40.3 Å². The molecule has 0 saturated heterocycles. The Morgan fingerprint density at radius 2 is 0.800 bits per heavy atom. The number of H-pyrrole nitrogens is 2. The average molecular weight is 774 g/mol. The van der Waals surface area contributed by atoms with Crippen molar-refractivity contribution in [2.75, 3.05) is 0 Å². The van der Waals surface area contributed by atoms with Crippen molar-refractivity contribution >= 4 is 46.0 Å². The Labute approximate surface area is 330 Å².